The molecule has 3 heteroatoms. The van der Waals surface area contributed by atoms with Crippen LogP contribution in [0.3, 0.4) is 0 Å². The van der Waals surface area contributed by atoms with Crippen LogP contribution < -0.4 is 5.48 Å². The molecule has 1 N–H and O–H groups in total. The summed E-state index contributed by atoms with van der Waals surface area (Å²) in [5.41, 5.74) is 2.26. The quantitative estimate of drug-likeness (QED) is 0.525. The van der Waals surface area contributed by atoms with Crippen molar-refractivity contribution in [3.8, 4) is 0 Å². The maximum absolute atomic E-state index is 9.97. The molecule has 0 saturated heterocycles. The lowest BCUT2D eigenvalue weighted by atomic mass is 9.86. The average Bonchev–Trinajstić information content (AvgIpc) is 2.16. The van der Waals surface area contributed by atoms with Gasteiger partial charge in [-0.1, -0.05) is 32.1 Å². The Labute approximate surface area is 79.8 Å². The lowest BCUT2D eigenvalue weighted by molar-refractivity contribution is -0.125. The first kappa shape index (κ1) is 10.5. The van der Waals surface area contributed by atoms with Crippen molar-refractivity contribution in [2.75, 3.05) is 0 Å². The second kappa shape index (κ2) is 5.97. The molecule has 0 spiro atoms. The zero-order valence-corrected chi connectivity index (χ0v) is 8.29. The van der Waals surface area contributed by atoms with Crippen molar-refractivity contribution in [2.45, 2.75) is 51.6 Å². The summed E-state index contributed by atoms with van der Waals surface area (Å²) >= 11 is 0. The highest BCUT2D eigenvalue weighted by atomic mass is 16.7. The predicted octanol–water partition coefficient (Wildman–Crippen LogP) is 2.02. The van der Waals surface area contributed by atoms with Gasteiger partial charge in [0, 0.05) is 0 Å². The van der Waals surface area contributed by atoms with E-state index < -0.39 is 0 Å². The first-order valence-corrected chi connectivity index (χ1v) is 5.17. The van der Waals surface area contributed by atoms with Crippen LogP contribution in [0.1, 0.15) is 45.4 Å². The third-order valence-electron chi connectivity index (χ3n) is 2.71. The molecule has 1 unspecified atom stereocenters. The fourth-order valence-electron chi connectivity index (χ4n) is 2.08. The molecule has 0 aromatic rings. The van der Waals surface area contributed by atoms with Gasteiger partial charge in [0.1, 0.15) is 0 Å². The Bertz CT molecular complexity index is 144. The van der Waals surface area contributed by atoms with E-state index in [0.29, 0.717) is 6.41 Å². The first-order chi connectivity index (χ1) is 6.33. The third-order valence-corrected chi connectivity index (χ3v) is 2.71. The van der Waals surface area contributed by atoms with Crippen LogP contribution in [0, 0.1) is 5.92 Å². The normalized spacial score (nSPS) is 21.0. The summed E-state index contributed by atoms with van der Waals surface area (Å²) in [7, 11) is 0. The average molecular weight is 185 g/mol. The molecule has 1 rings (SSSR count). The van der Waals surface area contributed by atoms with Gasteiger partial charge in [-0.3, -0.25) is 9.63 Å². The number of nitrogens with one attached hydrogen (secondary N) is 1. The molecular weight excluding hydrogens is 166 g/mol. The highest BCUT2D eigenvalue weighted by Gasteiger charge is 2.16. The second-order valence-electron chi connectivity index (χ2n) is 3.90. The number of amides is 1. The standard InChI is InChI=1S/C10H19NO2/c1-9(13-11-8-12)7-10-5-3-2-4-6-10/h8-10H,2-7H2,1H3,(H,11,12). The fourth-order valence-corrected chi connectivity index (χ4v) is 2.08. The van der Waals surface area contributed by atoms with E-state index in [-0.39, 0.29) is 6.10 Å². The molecule has 13 heavy (non-hydrogen) atoms. The molecule has 0 heterocycles. The zero-order chi connectivity index (χ0) is 9.52. The molecular formula is C10H19NO2. The Morgan fingerprint density at radius 2 is 2.15 bits per heavy atom. The molecule has 76 valence electrons. The maximum Gasteiger partial charge on any atom is 0.230 e. The van der Waals surface area contributed by atoms with E-state index in [2.05, 4.69) is 5.48 Å². The van der Waals surface area contributed by atoms with Gasteiger partial charge in [0.05, 0.1) is 6.10 Å². The van der Waals surface area contributed by atoms with Gasteiger partial charge in [0.25, 0.3) is 0 Å². The highest BCUT2D eigenvalue weighted by molar-refractivity contribution is 5.43. The van der Waals surface area contributed by atoms with Gasteiger partial charge in [-0.2, -0.15) is 0 Å². The molecule has 1 amide bonds. The van der Waals surface area contributed by atoms with E-state index in [1.807, 2.05) is 6.92 Å². The minimum Gasteiger partial charge on any atom is -0.277 e. The van der Waals surface area contributed by atoms with Crippen molar-refractivity contribution in [2.24, 2.45) is 5.92 Å². The number of carbonyl (C=O) groups excluding carboxylic acids is 1. The van der Waals surface area contributed by atoms with Crippen molar-refractivity contribution in [1.82, 2.24) is 5.48 Å². The Morgan fingerprint density at radius 3 is 2.77 bits per heavy atom. The van der Waals surface area contributed by atoms with Crippen LogP contribution in [0.5, 0.6) is 0 Å². The topological polar surface area (TPSA) is 38.3 Å². The van der Waals surface area contributed by atoms with E-state index in [1.165, 1.54) is 32.1 Å². The van der Waals surface area contributed by atoms with E-state index in [1.54, 1.807) is 0 Å². The van der Waals surface area contributed by atoms with E-state index in [0.717, 1.165) is 12.3 Å². The number of hydrogen-bond acceptors (Lipinski definition) is 2. The lowest BCUT2D eigenvalue weighted by Gasteiger charge is -2.23. The van der Waals surface area contributed by atoms with Gasteiger partial charge in [-0.05, 0) is 19.3 Å². The van der Waals surface area contributed by atoms with Crippen LogP contribution in [0.2, 0.25) is 0 Å². The van der Waals surface area contributed by atoms with E-state index in [9.17, 15) is 4.79 Å². The van der Waals surface area contributed by atoms with Crippen molar-refractivity contribution >= 4 is 6.41 Å². The first-order valence-electron chi connectivity index (χ1n) is 5.17. The van der Waals surface area contributed by atoms with Crippen LogP contribution >= 0.6 is 0 Å². The van der Waals surface area contributed by atoms with Crippen molar-refractivity contribution in [3.63, 3.8) is 0 Å². The van der Waals surface area contributed by atoms with Gasteiger partial charge in [0.2, 0.25) is 6.41 Å². The lowest BCUT2D eigenvalue weighted by Crippen LogP contribution is -2.23. The van der Waals surface area contributed by atoms with Crippen molar-refractivity contribution in [3.05, 3.63) is 0 Å². The highest BCUT2D eigenvalue weighted by Crippen LogP contribution is 2.27. The Balaban J connectivity index is 2.10. The fraction of sp³-hybridized carbons (Fsp3) is 0.900. The summed E-state index contributed by atoms with van der Waals surface area (Å²) in [6.45, 7) is 2.01. The Morgan fingerprint density at radius 1 is 1.46 bits per heavy atom. The van der Waals surface area contributed by atoms with Crippen LogP contribution in [-0.2, 0) is 9.63 Å². The molecule has 1 saturated carbocycles. The Kier molecular flexibility index (Phi) is 4.83. The zero-order valence-electron chi connectivity index (χ0n) is 8.29. The minimum absolute atomic E-state index is 0.147. The largest absolute Gasteiger partial charge is 0.277 e. The van der Waals surface area contributed by atoms with Crippen LogP contribution in [-0.4, -0.2) is 12.5 Å². The smallest absolute Gasteiger partial charge is 0.230 e. The summed E-state index contributed by atoms with van der Waals surface area (Å²) in [5, 5.41) is 0. The molecule has 0 radical (unpaired) electrons. The predicted molar refractivity (Wildman–Crippen MR) is 50.9 cm³/mol. The molecule has 0 aliphatic heterocycles. The molecule has 3 nitrogen and oxygen atoms in total. The molecule has 1 atom stereocenters. The maximum atomic E-state index is 9.97. The summed E-state index contributed by atoms with van der Waals surface area (Å²) < 4.78 is 0. The van der Waals surface area contributed by atoms with E-state index in [4.69, 9.17) is 4.84 Å². The molecule has 0 aromatic carbocycles. The van der Waals surface area contributed by atoms with Gasteiger partial charge >= 0.3 is 0 Å². The van der Waals surface area contributed by atoms with Crippen molar-refractivity contribution < 1.29 is 9.63 Å². The van der Waals surface area contributed by atoms with Gasteiger partial charge in [-0.25, -0.2) is 5.48 Å². The SMILES string of the molecule is CC(CC1CCCCC1)ONC=O. The van der Waals surface area contributed by atoms with E-state index >= 15 is 0 Å². The summed E-state index contributed by atoms with van der Waals surface area (Å²) in [6, 6.07) is 0. The molecule has 1 aliphatic carbocycles. The van der Waals surface area contributed by atoms with Crippen LogP contribution in [0.25, 0.3) is 0 Å². The molecule has 0 bridgehead atoms. The summed E-state index contributed by atoms with van der Waals surface area (Å²) in [5.74, 6) is 0.803. The second-order valence-corrected chi connectivity index (χ2v) is 3.90. The van der Waals surface area contributed by atoms with Gasteiger partial charge in [-0.15, -0.1) is 0 Å². The molecule has 1 aliphatic rings. The third kappa shape index (κ3) is 4.27. The number of carbonyl (C=O) groups is 1. The number of hydrogen-bond donors (Lipinski definition) is 1. The van der Waals surface area contributed by atoms with Crippen LogP contribution in [0.4, 0.5) is 0 Å². The summed E-state index contributed by atoms with van der Waals surface area (Å²) in [6.07, 6.45) is 8.56. The molecule has 0 aromatic heterocycles. The monoisotopic (exact) mass is 185 g/mol. The number of hydroxylamine groups is 1. The summed E-state index contributed by atoms with van der Waals surface area (Å²) in [4.78, 5) is 15.0. The molecule has 1 fully saturated rings. The number of rotatable bonds is 5. The van der Waals surface area contributed by atoms with Gasteiger partial charge < -0.3 is 0 Å². The van der Waals surface area contributed by atoms with Gasteiger partial charge in [0.15, 0.2) is 0 Å². The Hall–Kier alpha value is -0.570. The van der Waals surface area contributed by atoms with Crippen LogP contribution in [0.15, 0.2) is 0 Å². The van der Waals surface area contributed by atoms with Crippen molar-refractivity contribution in [1.29, 1.82) is 0 Å². The minimum atomic E-state index is 0.147.